The Hall–Kier alpha value is -2.33. The molecule has 0 aliphatic heterocycles. The largest absolute Gasteiger partial charge is 0.326 e. The van der Waals surface area contributed by atoms with Crippen LogP contribution in [0, 0.1) is 5.92 Å². The molecule has 0 spiro atoms. The molecule has 1 atom stereocenters. The van der Waals surface area contributed by atoms with E-state index in [1.165, 1.54) is 0 Å². The summed E-state index contributed by atoms with van der Waals surface area (Å²) in [6, 6.07) is 13.9. The van der Waals surface area contributed by atoms with E-state index in [1.54, 1.807) is 48.5 Å². The van der Waals surface area contributed by atoms with Gasteiger partial charge in [0.2, 0.25) is 5.91 Å². The third kappa shape index (κ3) is 4.83. The maximum absolute atomic E-state index is 12.3. The van der Waals surface area contributed by atoms with Crippen LogP contribution in [-0.4, -0.2) is 11.8 Å². The highest BCUT2D eigenvalue weighted by molar-refractivity contribution is 6.34. The van der Waals surface area contributed by atoms with Crippen LogP contribution in [0.3, 0.4) is 0 Å². The van der Waals surface area contributed by atoms with E-state index in [-0.39, 0.29) is 17.7 Å². The van der Waals surface area contributed by atoms with Crippen molar-refractivity contribution in [2.75, 3.05) is 10.6 Å². The molecule has 0 saturated heterocycles. The van der Waals surface area contributed by atoms with Gasteiger partial charge in [0.1, 0.15) is 0 Å². The molecule has 1 unspecified atom stereocenters. The lowest BCUT2D eigenvalue weighted by molar-refractivity contribution is -0.119. The first kappa shape index (κ1) is 18.0. The first-order valence-corrected chi connectivity index (χ1v) is 8.36. The molecule has 5 heteroatoms. The Morgan fingerprint density at radius 1 is 1.04 bits per heavy atom. The summed E-state index contributed by atoms with van der Waals surface area (Å²) in [6.45, 7) is 3.95. The lowest BCUT2D eigenvalue weighted by atomic mass is 10.1. The fourth-order valence-corrected chi connectivity index (χ4v) is 2.57. The zero-order chi connectivity index (χ0) is 17.5. The zero-order valence-corrected chi connectivity index (χ0v) is 14.6. The number of hydrogen-bond donors (Lipinski definition) is 2. The van der Waals surface area contributed by atoms with Crippen molar-refractivity contribution in [3.8, 4) is 0 Å². The van der Waals surface area contributed by atoms with Crippen molar-refractivity contribution in [3.05, 3.63) is 59.1 Å². The van der Waals surface area contributed by atoms with E-state index in [9.17, 15) is 9.59 Å². The van der Waals surface area contributed by atoms with E-state index in [2.05, 4.69) is 17.6 Å². The zero-order valence-electron chi connectivity index (χ0n) is 13.8. The van der Waals surface area contributed by atoms with Crippen LogP contribution < -0.4 is 10.6 Å². The minimum Gasteiger partial charge on any atom is -0.326 e. The van der Waals surface area contributed by atoms with Gasteiger partial charge >= 0.3 is 0 Å². The molecule has 2 aromatic carbocycles. The summed E-state index contributed by atoms with van der Waals surface area (Å²) in [5, 5.41) is 6.06. The topological polar surface area (TPSA) is 58.2 Å². The third-order valence-corrected chi connectivity index (χ3v) is 4.01. The smallest absolute Gasteiger partial charge is 0.257 e. The Balaban J connectivity index is 2.06. The number of nitrogens with one attached hydrogen (secondary N) is 2. The summed E-state index contributed by atoms with van der Waals surface area (Å²) >= 11 is 6.03. The fraction of sp³-hybridized carbons (Fsp3) is 0.263. The van der Waals surface area contributed by atoms with Crippen molar-refractivity contribution in [1.29, 1.82) is 0 Å². The first-order valence-electron chi connectivity index (χ1n) is 7.98. The quantitative estimate of drug-likeness (QED) is 0.777. The minimum atomic E-state index is -0.288. The van der Waals surface area contributed by atoms with E-state index < -0.39 is 0 Å². The van der Waals surface area contributed by atoms with Crippen molar-refractivity contribution in [1.82, 2.24) is 0 Å². The van der Waals surface area contributed by atoms with E-state index in [4.69, 9.17) is 11.6 Å². The second-order valence-electron chi connectivity index (χ2n) is 5.69. The van der Waals surface area contributed by atoms with Crippen LogP contribution in [-0.2, 0) is 4.79 Å². The predicted molar refractivity (Wildman–Crippen MR) is 98.5 cm³/mol. The number of rotatable bonds is 6. The first-order chi connectivity index (χ1) is 11.5. The lowest BCUT2D eigenvalue weighted by Crippen LogP contribution is -2.20. The van der Waals surface area contributed by atoms with Crippen LogP contribution in [0.15, 0.2) is 48.5 Å². The van der Waals surface area contributed by atoms with Gasteiger partial charge in [-0.1, -0.05) is 50.1 Å². The molecular weight excluding hydrogens is 324 g/mol. The molecule has 0 aromatic heterocycles. The fourth-order valence-electron chi connectivity index (χ4n) is 2.35. The van der Waals surface area contributed by atoms with Crippen molar-refractivity contribution in [2.45, 2.75) is 26.7 Å². The average Bonchev–Trinajstić information content (AvgIpc) is 2.55. The molecule has 0 aliphatic rings. The molecule has 24 heavy (non-hydrogen) atoms. The van der Waals surface area contributed by atoms with Crippen molar-refractivity contribution < 1.29 is 9.59 Å². The molecule has 4 nitrogen and oxygen atoms in total. The molecule has 0 aliphatic carbocycles. The maximum Gasteiger partial charge on any atom is 0.257 e. The number of carbonyl (C=O) groups is 2. The molecule has 0 heterocycles. The normalized spacial score (nSPS) is 11.6. The highest BCUT2D eigenvalue weighted by Gasteiger charge is 2.13. The summed E-state index contributed by atoms with van der Waals surface area (Å²) in [4.78, 5) is 24.4. The summed E-state index contributed by atoms with van der Waals surface area (Å²) in [5.74, 6) is -0.355. The summed E-state index contributed by atoms with van der Waals surface area (Å²) in [7, 11) is 0. The average molecular weight is 345 g/mol. The second-order valence-corrected chi connectivity index (χ2v) is 6.10. The van der Waals surface area contributed by atoms with Gasteiger partial charge in [-0.15, -0.1) is 0 Å². The van der Waals surface area contributed by atoms with E-state index in [1.807, 2.05) is 6.92 Å². The highest BCUT2D eigenvalue weighted by Crippen LogP contribution is 2.20. The minimum absolute atomic E-state index is 0.0218. The van der Waals surface area contributed by atoms with Crippen LogP contribution in [0.1, 0.15) is 37.0 Å². The number of benzene rings is 2. The molecular formula is C19H21ClN2O2. The SMILES string of the molecule is CCCC(C)C(=O)Nc1cccc(NC(=O)c2ccccc2Cl)c1. The lowest BCUT2D eigenvalue weighted by Gasteiger charge is -2.12. The van der Waals surface area contributed by atoms with Gasteiger partial charge in [-0.25, -0.2) is 0 Å². The number of hydrogen-bond acceptors (Lipinski definition) is 2. The number of halogens is 1. The van der Waals surface area contributed by atoms with Gasteiger partial charge in [0.15, 0.2) is 0 Å². The van der Waals surface area contributed by atoms with Crippen molar-refractivity contribution in [3.63, 3.8) is 0 Å². The third-order valence-electron chi connectivity index (χ3n) is 3.68. The molecule has 0 fully saturated rings. The van der Waals surface area contributed by atoms with Crippen molar-refractivity contribution >= 4 is 34.8 Å². The summed E-state index contributed by atoms with van der Waals surface area (Å²) in [5.41, 5.74) is 1.66. The Bertz CT molecular complexity index is 731. The van der Waals surface area contributed by atoms with Crippen LogP contribution in [0.5, 0.6) is 0 Å². The van der Waals surface area contributed by atoms with Gasteiger partial charge in [-0.2, -0.15) is 0 Å². The van der Waals surface area contributed by atoms with E-state index in [0.29, 0.717) is 22.0 Å². The van der Waals surface area contributed by atoms with Gasteiger partial charge in [-0.3, -0.25) is 9.59 Å². The molecule has 126 valence electrons. The Morgan fingerprint density at radius 3 is 2.38 bits per heavy atom. The van der Waals surface area contributed by atoms with Gasteiger partial charge in [-0.05, 0) is 36.8 Å². The van der Waals surface area contributed by atoms with Gasteiger partial charge < -0.3 is 10.6 Å². The van der Waals surface area contributed by atoms with Crippen LogP contribution in [0.4, 0.5) is 11.4 Å². The number of anilines is 2. The molecule has 2 aromatic rings. The highest BCUT2D eigenvalue weighted by atomic mass is 35.5. The molecule has 2 N–H and O–H groups in total. The Kier molecular flexibility index (Phi) is 6.38. The predicted octanol–water partition coefficient (Wildman–Crippen LogP) is 4.97. The van der Waals surface area contributed by atoms with E-state index >= 15 is 0 Å². The van der Waals surface area contributed by atoms with Gasteiger partial charge in [0.25, 0.3) is 5.91 Å². The molecule has 0 radical (unpaired) electrons. The monoisotopic (exact) mass is 344 g/mol. The van der Waals surface area contributed by atoms with E-state index in [0.717, 1.165) is 12.8 Å². The van der Waals surface area contributed by atoms with Gasteiger partial charge in [0.05, 0.1) is 10.6 Å². The number of amides is 2. The van der Waals surface area contributed by atoms with Crippen LogP contribution in [0.25, 0.3) is 0 Å². The van der Waals surface area contributed by atoms with Crippen LogP contribution in [0.2, 0.25) is 5.02 Å². The van der Waals surface area contributed by atoms with Crippen molar-refractivity contribution in [2.24, 2.45) is 5.92 Å². The molecule has 0 saturated carbocycles. The maximum atomic E-state index is 12.3. The summed E-state index contributed by atoms with van der Waals surface area (Å²) in [6.07, 6.45) is 1.80. The molecule has 0 bridgehead atoms. The van der Waals surface area contributed by atoms with Gasteiger partial charge in [0, 0.05) is 17.3 Å². The Labute approximate surface area is 147 Å². The standard InChI is InChI=1S/C19H21ClN2O2/c1-3-7-13(2)18(23)21-14-8-6-9-15(12-14)22-19(24)16-10-4-5-11-17(16)20/h4-6,8-13H,3,7H2,1-2H3,(H,21,23)(H,22,24). The molecule has 2 amide bonds. The summed E-state index contributed by atoms with van der Waals surface area (Å²) < 4.78 is 0. The second kappa shape index (κ2) is 8.50. The van der Waals surface area contributed by atoms with Crippen LogP contribution >= 0.6 is 11.6 Å². The molecule has 2 rings (SSSR count). The number of carbonyl (C=O) groups excluding carboxylic acids is 2. The Morgan fingerprint density at radius 2 is 1.71 bits per heavy atom.